The van der Waals surface area contributed by atoms with Crippen LogP contribution in [0.25, 0.3) is 0 Å². The average Bonchev–Trinajstić information content (AvgIpc) is 2.24. The van der Waals surface area contributed by atoms with Crippen molar-refractivity contribution in [2.75, 3.05) is 5.75 Å². The van der Waals surface area contributed by atoms with Crippen LogP contribution in [0, 0.1) is 6.92 Å². The molecule has 1 heterocycles. The number of guanidine groups is 1. The van der Waals surface area contributed by atoms with E-state index in [1.54, 1.807) is 13.8 Å². The molecule has 0 bridgehead atoms. The highest BCUT2D eigenvalue weighted by Gasteiger charge is 2.31. The van der Waals surface area contributed by atoms with Crippen LogP contribution in [0.3, 0.4) is 0 Å². The molecule has 1 aromatic rings. The summed E-state index contributed by atoms with van der Waals surface area (Å²) in [5.41, 5.74) is 11.0. The van der Waals surface area contributed by atoms with Crippen LogP contribution in [-0.4, -0.2) is 32.1 Å². The van der Waals surface area contributed by atoms with Gasteiger partial charge >= 0.3 is 0 Å². The third-order valence-electron chi connectivity index (χ3n) is 2.87. The van der Waals surface area contributed by atoms with Gasteiger partial charge in [0, 0.05) is 5.56 Å². The lowest BCUT2D eigenvalue weighted by atomic mass is 10.1. The molecule has 0 saturated carbocycles. The number of carbonyl (C=O) groups is 1. The standard InChI is InChI=1S/C12H15N3O4S/c1-6-3-9-10(20(17,18)5-7(2)19-9)4-8(6)11(16)15-12(13)14/h3-4,7H,5H2,1-2H3,(H4,13,14,15,16). The highest BCUT2D eigenvalue weighted by Crippen LogP contribution is 2.33. The number of amides is 1. The first kappa shape index (κ1) is 14.3. The van der Waals surface area contributed by atoms with Crippen molar-refractivity contribution in [1.82, 2.24) is 0 Å². The van der Waals surface area contributed by atoms with Gasteiger partial charge in [-0.15, -0.1) is 0 Å². The number of sulfone groups is 1. The van der Waals surface area contributed by atoms with E-state index < -0.39 is 21.8 Å². The molecule has 0 aliphatic carbocycles. The smallest absolute Gasteiger partial charge is 0.280 e. The van der Waals surface area contributed by atoms with Gasteiger partial charge in [-0.05, 0) is 31.5 Å². The van der Waals surface area contributed by atoms with E-state index >= 15 is 0 Å². The summed E-state index contributed by atoms with van der Waals surface area (Å²) in [7, 11) is -3.48. The summed E-state index contributed by atoms with van der Waals surface area (Å²) in [4.78, 5) is 15.3. The summed E-state index contributed by atoms with van der Waals surface area (Å²) in [6.45, 7) is 3.33. The number of nitrogens with two attached hydrogens (primary N) is 2. The highest BCUT2D eigenvalue weighted by atomic mass is 32.2. The summed E-state index contributed by atoms with van der Waals surface area (Å²) in [6.07, 6.45) is -0.425. The molecule has 0 fully saturated rings. The molecule has 1 aliphatic rings. The largest absolute Gasteiger partial charge is 0.488 e. The predicted molar refractivity (Wildman–Crippen MR) is 73.5 cm³/mol. The van der Waals surface area contributed by atoms with Crippen LogP contribution in [-0.2, 0) is 9.84 Å². The number of fused-ring (bicyclic) bond motifs is 1. The minimum absolute atomic E-state index is 0.00431. The normalized spacial score (nSPS) is 19.6. The molecular formula is C12H15N3O4S. The Morgan fingerprint density at radius 2 is 2.05 bits per heavy atom. The van der Waals surface area contributed by atoms with Crippen molar-refractivity contribution in [1.29, 1.82) is 0 Å². The fraction of sp³-hybridized carbons (Fsp3) is 0.333. The second-order valence-corrected chi connectivity index (χ2v) is 6.67. The fourth-order valence-electron chi connectivity index (χ4n) is 2.05. The van der Waals surface area contributed by atoms with Crippen molar-refractivity contribution < 1.29 is 17.9 Å². The average molecular weight is 297 g/mol. The molecule has 4 N–H and O–H groups in total. The van der Waals surface area contributed by atoms with Crippen LogP contribution in [0.4, 0.5) is 0 Å². The van der Waals surface area contributed by atoms with Crippen molar-refractivity contribution in [3.05, 3.63) is 23.3 Å². The molecule has 0 aromatic heterocycles. The maximum Gasteiger partial charge on any atom is 0.280 e. The molecule has 1 aromatic carbocycles. The number of aryl methyl sites for hydroxylation is 1. The Labute approximate surface area is 116 Å². The minimum Gasteiger partial charge on any atom is -0.488 e. The predicted octanol–water partition coefficient (Wildman–Crippen LogP) is -0.0368. The SMILES string of the molecule is Cc1cc2c(cc1C(=O)N=C(N)N)S(=O)(=O)CC(C)O2. The molecule has 2 rings (SSSR count). The van der Waals surface area contributed by atoms with E-state index in [-0.39, 0.29) is 27.9 Å². The molecule has 1 atom stereocenters. The molecule has 0 saturated heterocycles. The lowest BCUT2D eigenvalue weighted by Gasteiger charge is -2.24. The lowest BCUT2D eigenvalue weighted by Crippen LogP contribution is -2.30. The monoisotopic (exact) mass is 297 g/mol. The highest BCUT2D eigenvalue weighted by molar-refractivity contribution is 7.91. The van der Waals surface area contributed by atoms with E-state index in [1.807, 2.05) is 0 Å². The number of carbonyl (C=O) groups excluding carboxylic acids is 1. The second kappa shape index (κ2) is 4.78. The molecule has 7 nitrogen and oxygen atoms in total. The topological polar surface area (TPSA) is 125 Å². The molecule has 8 heteroatoms. The van der Waals surface area contributed by atoms with Crippen LogP contribution in [0.5, 0.6) is 5.75 Å². The Hall–Kier alpha value is -2.09. The molecule has 108 valence electrons. The molecule has 20 heavy (non-hydrogen) atoms. The van der Waals surface area contributed by atoms with Crippen molar-refractivity contribution in [2.45, 2.75) is 24.8 Å². The van der Waals surface area contributed by atoms with Crippen molar-refractivity contribution in [2.24, 2.45) is 16.5 Å². The van der Waals surface area contributed by atoms with Gasteiger partial charge in [-0.1, -0.05) is 0 Å². The van der Waals surface area contributed by atoms with E-state index in [2.05, 4.69) is 4.99 Å². The number of hydrogen-bond donors (Lipinski definition) is 2. The van der Waals surface area contributed by atoms with Gasteiger partial charge in [-0.3, -0.25) is 4.79 Å². The quantitative estimate of drug-likeness (QED) is 0.553. The van der Waals surface area contributed by atoms with Crippen molar-refractivity contribution in [3.8, 4) is 5.75 Å². The summed E-state index contributed by atoms with van der Waals surface area (Å²) < 4.78 is 29.7. The van der Waals surface area contributed by atoms with Crippen LogP contribution in [0.2, 0.25) is 0 Å². The molecular weight excluding hydrogens is 282 g/mol. The number of nitrogens with zero attached hydrogens (tertiary/aromatic N) is 1. The summed E-state index contributed by atoms with van der Waals surface area (Å²) in [5.74, 6) is -0.930. The zero-order valence-electron chi connectivity index (χ0n) is 11.1. The van der Waals surface area contributed by atoms with Crippen molar-refractivity contribution >= 4 is 21.7 Å². The van der Waals surface area contributed by atoms with E-state index in [9.17, 15) is 13.2 Å². The van der Waals surface area contributed by atoms with E-state index in [1.165, 1.54) is 12.1 Å². The van der Waals surface area contributed by atoms with Gasteiger partial charge in [0.05, 0.1) is 5.75 Å². The van der Waals surface area contributed by atoms with Gasteiger partial charge in [-0.25, -0.2) is 8.42 Å². The zero-order valence-corrected chi connectivity index (χ0v) is 11.9. The lowest BCUT2D eigenvalue weighted by molar-refractivity contribution is 0.100. The number of hydrogen-bond acceptors (Lipinski definition) is 4. The van der Waals surface area contributed by atoms with Gasteiger partial charge in [0.15, 0.2) is 15.8 Å². The minimum atomic E-state index is -3.48. The number of ether oxygens (including phenoxy) is 1. The van der Waals surface area contributed by atoms with Crippen molar-refractivity contribution in [3.63, 3.8) is 0 Å². The Bertz CT molecular complexity index is 706. The molecule has 0 spiro atoms. The number of aliphatic imine (C=N–C) groups is 1. The van der Waals surface area contributed by atoms with Crippen LogP contribution in [0.15, 0.2) is 22.0 Å². The molecule has 1 unspecified atom stereocenters. The fourth-order valence-corrected chi connectivity index (χ4v) is 3.63. The summed E-state index contributed by atoms with van der Waals surface area (Å²) in [6, 6.07) is 2.78. The molecule has 0 radical (unpaired) electrons. The maximum absolute atomic E-state index is 12.1. The molecule has 1 amide bonds. The van der Waals surface area contributed by atoms with Gasteiger partial charge in [0.25, 0.3) is 5.91 Å². The third-order valence-corrected chi connectivity index (χ3v) is 4.77. The zero-order chi connectivity index (χ0) is 15.1. The van der Waals surface area contributed by atoms with E-state index in [4.69, 9.17) is 16.2 Å². The Morgan fingerprint density at radius 3 is 2.65 bits per heavy atom. The van der Waals surface area contributed by atoms with Gasteiger partial charge in [0.1, 0.15) is 16.7 Å². The van der Waals surface area contributed by atoms with Gasteiger partial charge in [-0.2, -0.15) is 4.99 Å². The van der Waals surface area contributed by atoms with Crippen LogP contribution < -0.4 is 16.2 Å². The van der Waals surface area contributed by atoms with Crippen LogP contribution >= 0.6 is 0 Å². The van der Waals surface area contributed by atoms with E-state index in [0.29, 0.717) is 5.56 Å². The van der Waals surface area contributed by atoms with Gasteiger partial charge < -0.3 is 16.2 Å². The third kappa shape index (κ3) is 2.60. The summed E-state index contributed by atoms with van der Waals surface area (Å²) >= 11 is 0. The van der Waals surface area contributed by atoms with Gasteiger partial charge in [0.2, 0.25) is 0 Å². The Balaban J connectivity index is 2.61. The first-order chi connectivity index (χ1) is 9.20. The first-order valence-corrected chi connectivity index (χ1v) is 7.54. The van der Waals surface area contributed by atoms with E-state index in [0.717, 1.165) is 0 Å². The van der Waals surface area contributed by atoms with Crippen LogP contribution in [0.1, 0.15) is 22.8 Å². The number of benzene rings is 1. The Kier molecular flexibility index (Phi) is 3.43. The second-order valence-electron chi connectivity index (χ2n) is 4.67. The Morgan fingerprint density at radius 1 is 1.40 bits per heavy atom. The molecule has 1 aliphatic heterocycles. The number of rotatable bonds is 1. The summed E-state index contributed by atoms with van der Waals surface area (Å²) in [5, 5.41) is 0. The maximum atomic E-state index is 12.1. The first-order valence-electron chi connectivity index (χ1n) is 5.88.